The molecule has 0 bridgehead atoms. The van der Waals surface area contributed by atoms with E-state index >= 15 is 0 Å². The molecule has 1 amide bonds. The molecule has 0 aliphatic carbocycles. The minimum Gasteiger partial charge on any atom is -0.441 e. The van der Waals surface area contributed by atoms with Crippen LogP contribution >= 0.6 is 11.6 Å². The number of imidazole rings is 1. The third-order valence-electron chi connectivity index (χ3n) is 4.44. The summed E-state index contributed by atoms with van der Waals surface area (Å²) in [6, 6.07) is 14.9. The molecule has 1 atom stereocenters. The molecule has 1 unspecified atom stereocenters. The molecule has 2 heterocycles. The number of H-pyrrole nitrogens is 1. The van der Waals surface area contributed by atoms with E-state index in [2.05, 4.69) is 20.3 Å². The zero-order chi connectivity index (χ0) is 19.5. The number of nitrogens with zero attached hydrogens (tertiary/aromatic N) is 2. The van der Waals surface area contributed by atoms with Crippen molar-refractivity contribution in [3.05, 3.63) is 71.5 Å². The fourth-order valence-electron chi connectivity index (χ4n) is 2.95. The quantitative estimate of drug-likeness (QED) is 0.497. The lowest BCUT2D eigenvalue weighted by Gasteiger charge is -2.10. The van der Waals surface area contributed by atoms with Gasteiger partial charge >= 0.3 is 0 Å². The normalized spacial score (nSPS) is 12.2. The van der Waals surface area contributed by atoms with Gasteiger partial charge in [0.2, 0.25) is 5.91 Å². The van der Waals surface area contributed by atoms with Crippen LogP contribution in [0.15, 0.2) is 59.1 Å². The first-order valence-corrected chi connectivity index (χ1v) is 9.41. The van der Waals surface area contributed by atoms with Crippen LogP contribution in [0.4, 0.5) is 0 Å². The van der Waals surface area contributed by atoms with E-state index in [1.807, 2.05) is 43.3 Å². The Morgan fingerprint density at radius 2 is 2.00 bits per heavy atom. The van der Waals surface area contributed by atoms with Crippen LogP contribution in [0.1, 0.15) is 31.1 Å². The highest BCUT2D eigenvalue weighted by Gasteiger charge is 2.15. The number of para-hydroxylation sites is 2. The molecule has 0 saturated carbocycles. The number of carbonyl (C=O) groups excluding carboxylic acids is 1. The average molecular weight is 395 g/mol. The Kier molecular flexibility index (Phi) is 5.12. The van der Waals surface area contributed by atoms with Crippen molar-refractivity contribution in [3.63, 3.8) is 0 Å². The fourth-order valence-corrected chi connectivity index (χ4v) is 3.08. The Hall–Kier alpha value is -3.12. The molecule has 28 heavy (non-hydrogen) atoms. The number of aromatic amines is 1. The van der Waals surface area contributed by atoms with Crippen LogP contribution in [0, 0.1) is 0 Å². The van der Waals surface area contributed by atoms with E-state index in [1.54, 1.807) is 18.3 Å². The number of hydrogen-bond donors (Lipinski definition) is 2. The van der Waals surface area contributed by atoms with Gasteiger partial charge < -0.3 is 14.7 Å². The van der Waals surface area contributed by atoms with E-state index in [1.165, 1.54) is 0 Å². The van der Waals surface area contributed by atoms with Gasteiger partial charge in [-0.2, -0.15) is 0 Å². The van der Waals surface area contributed by atoms with Gasteiger partial charge in [-0.05, 0) is 43.3 Å². The summed E-state index contributed by atoms with van der Waals surface area (Å²) < 4.78 is 5.74. The average Bonchev–Trinajstić information content (AvgIpc) is 3.34. The van der Waals surface area contributed by atoms with Crippen LogP contribution < -0.4 is 5.32 Å². The number of rotatable bonds is 6. The topological polar surface area (TPSA) is 83.8 Å². The molecule has 2 aromatic heterocycles. The van der Waals surface area contributed by atoms with Crippen LogP contribution in [0.3, 0.4) is 0 Å². The second-order valence-corrected chi connectivity index (χ2v) is 6.99. The lowest BCUT2D eigenvalue weighted by atomic mass is 10.2. The van der Waals surface area contributed by atoms with Crippen molar-refractivity contribution in [2.75, 3.05) is 0 Å². The first kappa shape index (κ1) is 18.3. The van der Waals surface area contributed by atoms with Gasteiger partial charge in [0.1, 0.15) is 5.82 Å². The van der Waals surface area contributed by atoms with Crippen molar-refractivity contribution in [1.29, 1.82) is 0 Å². The highest BCUT2D eigenvalue weighted by molar-refractivity contribution is 6.30. The Labute approximate surface area is 167 Å². The molecule has 2 aromatic carbocycles. The van der Waals surface area contributed by atoms with Crippen molar-refractivity contribution in [1.82, 2.24) is 20.3 Å². The van der Waals surface area contributed by atoms with Crippen molar-refractivity contribution in [2.45, 2.75) is 25.8 Å². The molecule has 142 valence electrons. The number of benzene rings is 2. The van der Waals surface area contributed by atoms with Crippen LogP contribution in [0.25, 0.3) is 22.4 Å². The first-order valence-electron chi connectivity index (χ1n) is 9.03. The third-order valence-corrected chi connectivity index (χ3v) is 4.70. The van der Waals surface area contributed by atoms with Gasteiger partial charge in [0.15, 0.2) is 11.7 Å². The van der Waals surface area contributed by atoms with Gasteiger partial charge in [0.25, 0.3) is 0 Å². The van der Waals surface area contributed by atoms with Crippen molar-refractivity contribution in [3.8, 4) is 11.3 Å². The van der Waals surface area contributed by atoms with E-state index in [0.717, 1.165) is 22.4 Å². The second-order valence-electron chi connectivity index (χ2n) is 6.55. The van der Waals surface area contributed by atoms with Crippen LogP contribution in [0.2, 0.25) is 5.02 Å². The maximum absolute atomic E-state index is 12.3. The molecule has 0 aliphatic rings. The Bertz CT molecular complexity index is 1070. The van der Waals surface area contributed by atoms with Crippen molar-refractivity contribution in [2.24, 2.45) is 0 Å². The summed E-state index contributed by atoms with van der Waals surface area (Å²) >= 11 is 5.90. The molecule has 2 N–H and O–H groups in total. The summed E-state index contributed by atoms with van der Waals surface area (Å²) in [5.74, 6) is 1.83. The highest BCUT2D eigenvalue weighted by atomic mass is 35.5. The second kappa shape index (κ2) is 7.86. The minimum atomic E-state index is -0.214. The van der Waals surface area contributed by atoms with Gasteiger partial charge in [-0.25, -0.2) is 9.97 Å². The Morgan fingerprint density at radius 3 is 2.79 bits per heavy atom. The van der Waals surface area contributed by atoms with Crippen LogP contribution in [-0.4, -0.2) is 20.9 Å². The van der Waals surface area contributed by atoms with Crippen LogP contribution in [0.5, 0.6) is 0 Å². The molecule has 0 aliphatic heterocycles. The molecule has 0 radical (unpaired) electrons. The zero-order valence-electron chi connectivity index (χ0n) is 15.3. The number of fused-ring (bicyclic) bond motifs is 1. The van der Waals surface area contributed by atoms with E-state index in [-0.39, 0.29) is 18.4 Å². The number of aromatic nitrogens is 3. The largest absolute Gasteiger partial charge is 0.441 e. The number of carbonyl (C=O) groups is 1. The summed E-state index contributed by atoms with van der Waals surface area (Å²) in [4.78, 5) is 24.3. The van der Waals surface area contributed by atoms with Gasteiger partial charge in [-0.3, -0.25) is 4.79 Å². The zero-order valence-corrected chi connectivity index (χ0v) is 16.0. The maximum Gasteiger partial charge on any atom is 0.221 e. The molecule has 4 aromatic rings. The summed E-state index contributed by atoms with van der Waals surface area (Å²) in [5, 5.41) is 3.62. The molecular weight excluding hydrogens is 376 g/mol. The van der Waals surface area contributed by atoms with E-state index in [9.17, 15) is 4.79 Å². The van der Waals surface area contributed by atoms with Gasteiger partial charge in [0, 0.05) is 23.4 Å². The molecule has 6 nitrogen and oxygen atoms in total. The summed E-state index contributed by atoms with van der Waals surface area (Å²) in [6.45, 7) is 1.90. The monoisotopic (exact) mass is 394 g/mol. The van der Waals surface area contributed by atoms with E-state index in [4.69, 9.17) is 16.0 Å². The number of halogens is 1. The number of aryl methyl sites for hydroxylation is 1. The molecule has 0 spiro atoms. The minimum absolute atomic E-state index is 0.0841. The van der Waals surface area contributed by atoms with Crippen molar-refractivity contribution >= 4 is 28.5 Å². The molecular formula is C21H19ClN4O2. The predicted octanol–water partition coefficient (Wildman–Crippen LogP) is 4.68. The maximum atomic E-state index is 12.3. The molecule has 0 fully saturated rings. The van der Waals surface area contributed by atoms with Gasteiger partial charge in [-0.1, -0.05) is 23.7 Å². The molecule has 0 saturated heterocycles. The Balaban J connectivity index is 1.33. The highest BCUT2D eigenvalue weighted by Crippen LogP contribution is 2.23. The van der Waals surface area contributed by atoms with Gasteiger partial charge in [-0.15, -0.1) is 0 Å². The SMILES string of the molecule is CC(NC(=O)CCc1ncc(-c2ccc(Cl)cc2)o1)c1nc2ccccc2[nH]1. The number of oxazole rings is 1. The third kappa shape index (κ3) is 4.07. The first-order chi connectivity index (χ1) is 13.6. The number of nitrogens with one attached hydrogen (secondary N) is 2. The van der Waals surface area contributed by atoms with Crippen molar-refractivity contribution < 1.29 is 9.21 Å². The summed E-state index contributed by atoms with van der Waals surface area (Å²) in [5.41, 5.74) is 2.73. The predicted molar refractivity (Wildman–Crippen MR) is 108 cm³/mol. The molecule has 4 rings (SSSR count). The number of amides is 1. The lowest BCUT2D eigenvalue weighted by molar-refractivity contribution is -0.121. The summed E-state index contributed by atoms with van der Waals surface area (Å²) in [6.07, 6.45) is 2.37. The number of hydrogen-bond acceptors (Lipinski definition) is 4. The van der Waals surface area contributed by atoms with Gasteiger partial charge in [0.05, 0.1) is 23.3 Å². The van der Waals surface area contributed by atoms with E-state index in [0.29, 0.717) is 23.1 Å². The van der Waals surface area contributed by atoms with E-state index < -0.39 is 0 Å². The summed E-state index contributed by atoms with van der Waals surface area (Å²) in [7, 11) is 0. The Morgan fingerprint density at radius 1 is 1.21 bits per heavy atom. The standard InChI is InChI=1S/C21H19ClN4O2/c1-13(21-25-16-4-2-3-5-17(16)26-21)24-19(27)10-11-20-23-12-18(28-20)14-6-8-15(22)9-7-14/h2-9,12-13H,10-11H2,1H3,(H,24,27)(H,25,26). The molecule has 7 heteroatoms. The smallest absolute Gasteiger partial charge is 0.221 e. The van der Waals surface area contributed by atoms with Crippen LogP contribution in [-0.2, 0) is 11.2 Å². The fraction of sp³-hybridized carbons (Fsp3) is 0.190. The lowest BCUT2D eigenvalue weighted by Crippen LogP contribution is -2.27.